The molecule has 3 aromatic rings. The number of aliphatic imine (C=N–C) groups is 1. The number of para-hydroxylation sites is 1. The van der Waals surface area contributed by atoms with Crippen LogP contribution in [0.5, 0.6) is 11.5 Å². The second-order valence-corrected chi connectivity index (χ2v) is 8.34. The number of nitrogens with zero attached hydrogens (tertiary/aromatic N) is 1. The van der Waals surface area contributed by atoms with Crippen LogP contribution in [0, 0.1) is 0 Å². The summed E-state index contributed by atoms with van der Waals surface area (Å²) < 4.78 is 34.7. The van der Waals surface area contributed by atoms with E-state index in [2.05, 4.69) is 15.0 Å². The molecule has 4 rings (SSSR count). The van der Waals surface area contributed by atoms with E-state index in [1.54, 1.807) is 18.3 Å². The molecular weight excluding hydrogens is 434 g/mol. The Kier molecular flexibility index (Phi) is 6.80. The Balaban J connectivity index is 1.64. The highest BCUT2D eigenvalue weighted by atomic mass is 32.1. The van der Waals surface area contributed by atoms with Crippen molar-refractivity contribution < 1.29 is 23.0 Å². The standard InChI is InChI=1S/C24H22F2N2O3S/c1-30-19-13-15(11-12-18(19)31-24(25)26)14-27-23-21(17-9-5-6-10-20(17)32-23)22(29)28-16-7-3-2-4-8-16/h2-4,7-8,11-14,24H,5-6,9-10H2,1H3,(H,28,29). The third kappa shape index (κ3) is 4.96. The number of halogens is 2. The lowest BCUT2D eigenvalue weighted by molar-refractivity contribution is -0.0512. The second-order valence-electron chi connectivity index (χ2n) is 7.26. The van der Waals surface area contributed by atoms with E-state index in [-0.39, 0.29) is 17.4 Å². The Morgan fingerprint density at radius 3 is 2.66 bits per heavy atom. The van der Waals surface area contributed by atoms with Crippen LogP contribution >= 0.6 is 11.3 Å². The number of hydrogen-bond acceptors (Lipinski definition) is 5. The summed E-state index contributed by atoms with van der Waals surface area (Å²) in [4.78, 5) is 18.9. The molecule has 166 valence electrons. The molecule has 0 unspecified atom stereocenters. The predicted molar refractivity (Wildman–Crippen MR) is 122 cm³/mol. The molecule has 5 nitrogen and oxygen atoms in total. The van der Waals surface area contributed by atoms with Crippen LogP contribution in [0.3, 0.4) is 0 Å². The minimum atomic E-state index is -2.94. The molecule has 1 amide bonds. The average Bonchev–Trinajstić information content (AvgIpc) is 3.17. The van der Waals surface area contributed by atoms with Crippen molar-refractivity contribution in [3.63, 3.8) is 0 Å². The maximum absolute atomic E-state index is 13.1. The molecule has 32 heavy (non-hydrogen) atoms. The molecule has 1 heterocycles. The van der Waals surface area contributed by atoms with E-state index in [9.17, 15) is 13.6 Å². The van der Waals surface area contributed by atoms with Crippen LogP contribution in [0.1, 0.15) is 39.2 Å². The van der Waals surface area contributed by atoms with Crippen molar-refractivity contribution in [1.29, 1.82) is 0 Å². The monoisotopic (exact) mass is 456 g/mol. The van der Waals surface area contributed by atoms with E-state index in [1.807, 2.05) is 30.3 Å². The molecule has 1 aliphatic carbocycles. The number of ether oxygens (including phenoxy) is 2. The summed E-state index contributed by atoms with van der Waals surface area (Å²) in [7, 11) is 1.38. The number of aryl methyl sites for hydroxylation is 1. The van der Waals surface area contributed by atoms with Gasteiger partial charge in [-0.3, -0.25) is 4.79 Å². The number of methoxy groups -OCH3 is 1. The fraction of sp³-hybridized carbons (Fsp3) is 0.250. The molecule has 0 bridgehead atoms. The number of fused-ring (bicyclic) bond motifs is 1. The maximum atomic E-state index is 13.1. The molecule has 1 aromatic heterocycles. The molecule has 0 saturated heterocycles. The lowest BCUT2D eigenvalue weighted by Crippen LogP contribution is -2.14. The SMILES string of the molecule is COc1cc(C=Nc2sc3c(c2C(=O)Nc2ccccc2)CCCC3)ccc1OC(F)F. The number of carbonyl (C=O) groups excluding carboxylic acids is 1. The fourth-order valence-corrected chi connectivity index (χ4v) is 4.91. The van der Waals surface area contributed by atoms with Crippen LogP contribution in [-0.4, -0.2) is 25.8 Å². The highest BCUT2D eigenvalue weighted by Crippen LogP contribution is 2.40. The van der Waals surface area contributed by atoms with Gasteiger partial charge in [0.25, 0.3) is 5.91 Å². The van der Waals surface area contributed by atoms with Crippen molar-refractivity contribution in [2.24, 2.45) is 4.99 Å². The number of nitrogens with one attached hydrogen (secondary N) is 1. The van der Waals surface area contributed by atoms with Crippen molar-refractivity contribution in [2.45, 2.75) is 32.3 Å². The van der Waals surface area contributed by atoms with Crippen molar-refractivity contribution >= 4 is 34.1 Å². The minimum absolute atomic E-state index is 0.0471. The van der Waals surface area contributed by atoms with Crippen LogP contribution < -0.4 is 14.8 Å². The van der Waals surface area contributed by atoms with E-state index >= 15 is 0 Å². The van der Waals surface area contributed by atoms with Crippen molar-refractivity contribution in [3.05, 3.63) is 70.1 Å². The molecule has 0 radical (unpaired) electrons. The summed E-state index contributed by atoms with van der Waals surface area (Å²) >= 11 is 1.53. The average molecular weight is 457 g/mol. The molecule has 0 aliphatic heterocycles. The van der Waals surface area contributed by atoms with Crippen LogP contribution in [0.25, 0.3) is 0 Å². The van der Waals surface area contributed by atoms with Crippen LogP contribution in [0.4, 0.5) is 19.5 Å². The number of amides is 1. The van der Waals surface area contributed by atoms with E-state index in [4.69, 9.17) is 4.74 Å². The van der Waals surface area contributed by atoms with Gasteiger partial charge in [0.2, 0.25) is 0 Å². The van der Waals surface area contributed by atoms with Gasteiger partial charge in [-0.05, 0) is 67.1 Å². The van der Waals surface area contributed by atoms with Gasteiger partial charge in [-0.2, -0.15) is 8.78 Å². The van der Waals surface area contributed by atoms with Crippen LogP contribution in [0.2, 0.25) is 0 Å². The summed E-state index contributed by atoms with van der Waals surface area (Å²) in [6, 6.07) is 13.9. The third-order valence-electron chi connectivity index (χ3n) is 5.15. The van der Waals surface area contributed by atoms with E-state index in [0.717, 1.165) is 36.9 Å². The highest BCUT2D eigenvalue weighted by Gasteiger charge is 2.25. The lowest BCUT2D eigenvalue weighted by atomic mass is 9.95. The first-order valence-corrected chi connectivity index (χ1v) is 11.0. The summed E-state index contributed by atoms with van der Waals surface area (Å²) in [5, 5.41) is 3.60. The van der Waals surface area contributed by atoms with E-state index < -0.39 is 6.61 Å². The number of benzene rings is 2. The largest absolute Gasteiger partial charge is 0.493 e. The first-order chi connectivity index (χ1) is 15.5. The van der Waals surface area contributed by atoms with E-state index in [1.165, 1.54) is 29.4 Å². The summed E-state index contributed by atoms with van der Waals surface area (Å²) in [5.74, 6) is -0.0445. The predicted octanol–water partition coefficient (Wildman–Crippen LogP) is 6.24. The molecule has 1 N–H and O–H groups in total. The minimum Gasteiger partial charge on any atom is -0.493 e. The Hall–Kier alpha value is -3.26. The molecule has 0 atom stereocenters. The lowest BCUT2D eigenvalue weighted by Gasteiger charge is -2.12. The van der Waals surface area contributed by atoms with E-state index in [0.29, 0.717) is 16.1 Å². The second kappa shape index (κ2) is 9.91. The Morgan fingerprint density at radius 2 is 1.91 bits per heavy atom. The molecule has 0 fully saturated rings. The zero-order chi connectivity index (χ0) is 22.5. The van der Waals surface area contributed by atoms with Gasteiger partial charge in [0.05, 0.1) is 12.7 Å². The molecule has 2 aromatic carbocycles. The fourth-order valence-electron chi connectivity index (χ4n) is 3.68. The number of alkyl halides is 2. The number of rotatable bonds is 7. The molecule has 8 heteroatoms. The maximum Gasteiger partial charge on any atom is 0.387 e. The number of thiophene rings is 1. The van der Waals surface area contributed by atoms with Crippen molar-refractivity contribution in [1.82, 2.24) is 0 Å². The molecule has 0 saturated carbocycles. The summed E-state index contributed by atoms with van der Waals surface area (Å²) in [6.07, 6.45) is 5.53. The van der Waals surface area contributed by atoms with Gasteiger partial charge in [-0.15, -0.1) is 11.3 Å². The van der Waals surface area contributed by atoms with Crippen molar-refractivity contribution in [3.8, 4) is 11.5 Å². The first-order valence-electron chi connectivity index (χ1n) is 10.2. The van der Waals surface area contributed by atoms with Crippen LogP contribution in [0.15, 0.2) is 53.5 Å². The highest BCUT2D eigenvalue weighted by molar-refractivity contribution is 7.16. The normalized spacial score (nSPS) is 13.2. The zero-order valence-corrected chi connectivity index (χ0v) is 18.3. The molecular formula is C24H22F2N2O3S. The van der Waals surface area contributed by atoms with Gasteiger partial charge >= 0.3 is 6.61 Å². The van der Waals surface area contributed by atoms with Gasteiger partial charge in [0, 0.05) is 16.8 Å². The van der Waals surface area contributed by atoms with Gasteiger partial charge in [-0.1, -0.05) is 18.2 Å². The Bertz CT molecular complexity index is 1130. The topological polar surface area (TPSA) is 59.9 Å². The number of carbonyl (C=O) groups is 1. The van der Waals surface area contributed by atoms with Gasteiger partial charge < -0.3 is 14.8 Å². The summed E-state index contributed by atoms with van der Waals surface area (Å²) in [5.41, 5.74) is 3.04. The smallest absolute Gasteiger partial charge is 0.387 e. The van der Waals surface area contributed by atoms with Crippen LogP contribution in [-0.2, 0) is 12.8 Å². The van der Waals surface area contributed by atoms with Gasteiger partial charge in [0.1, 0.15) is 5.00 Å². The molecule has 0 spiro atoms. The Labute approximate surface area is 188 Å². The van der Waals surface area contributed by atoms with Gasteiger partial charge in [0.15, 0.2) is 11.5 Å². The zero-order valence-electron chi connectivity index (χ0n) is 17.4. The van der Waals surface area contributed by atoms with Crippen molar-refractivity contribution in [2.75, 3.05) is 12.4 Å². The molecule has 1 aliphatic rings. The quantitative estimate of drug-likeness (QED) is 0.428. The Morgan fingerprint density at radius 1 is 1.12 bits per heavy atom. The number of anilines is 1. The first kappa shape index (κ1) is 22.0. The summed E-state index contributed by atoms with van der Waals surface area (Å²) in [6.45, 7) is -2.94. The third-order valence-corrected chi connectivity index (χ3v) is 6.35. The van der Waals surface area contributed by atoms with Gasteiger partial charge in [-0.25, -0.2) is 4.99 Å². The number of hydrogen-bond donors (Lipinski definition) is 1.